The molecule has 1 aliphatic rings. The van der Waals surface area contributed by atoms with Crippen LogP contribution in [0, 0.1) is 5.92 Å². The van der Waals surface area contributed by atoms with Crippen molar-refractivity contribution < 1.29 is 0 Å². The lowest BCUT2D eigenvalue weighted by Gasteiger charge is -2.38. The maximum absolute atomic E-state index is 13.7. The van der Waals surface area contributed by atoms with Crippen LogP contribution in [0.4, 0.5) is 11.6 Å². The molecule has 5 heterocycles. The van der Waals surface area contributed by atoms with Crippen molar-refractivity contribution in [3.05, 3.63) is 107 Å². The fraction of sp³-hybridized carbons (Fsp3) is 0.242. The molecule has 5 aromatic rings. The number of hydrogen-bond acceptors (Lipinski definition) is 8. The molecule has 10 heteroatoms. The molecule has 10 nitrogen and oxygen atoms in total. The summed E-state index contributed by atoms with van der Waals surface area (Å²) in [6.07, 6.45) is 6.50. The number of nitrogens with zero attached hydrogens (tertiary/aromatic N) is 8. The van der Waals surface area contributed by atoms with E-state index >= 15 is 0 Å². The van der Waals surface area contributed by atoms with Crippen molar-refractivity contribution in [3.8, 4) is 5.82 Å². The number of benzene rings is 1. The van der Waals surface area contributed by atoms with Gasteiger partial charge in [-0.2, -0.15) is 9.50 Å². The van der Waals surface area contributed by atoms with Crippen molar-refractivity contribution in [1.82, 2.24) is 38.9 Å². The van der Waals surface area contributed by atoms with E-state index < -0.39 is 0 Å². The highest BCUT2D eigenvalue weighted by molar-refractivity contribution is 5.81. The molecule has 0 bridgehead atoms. The van der Waals surface area contributed by atoms with Crippen molar-refractivity contribution in [1.29, 1.82) is 0 Å². The molecule has 0 spiro atoms. The van der Waals surface area contributed by atoms with Gasteiger partial charge in [-0.25, -0.2) is 19.6 Å². The minimum Gasteiger partial charge on any atom is -0.373 e. The maximum Gasteiger partial charge on any atom is 0.284 e. The van der Waals surface area contributed by atoms with E-state index in [-0.39, 0.29) is 16.6 Å². The predicted molar refractivity (Wildman–Crippen MR) is 172 cm³/mol. The summed E-state index contributed by atoms with van der Waals surface area (Å²) in [6, 6.07) is 13.8. The number of rotatable bonds is 9. The molecule has 0 atom stereocenters. The normalized spacial score (nSPS) is 14.0. The van der Waals surface area contributed by atoms with Gasteiger partial charge in [0.25, 0.3) is 5.56 Å². The minimum atomic E-state index is -0.313. The molecule has 1 aromatic carbocycles. The summed E-state index contributed by atoms with van der Waals surface area (Å²) in [4.78, 5) is 36.8. The number of allylic oxidation sites excluding steroid dienone is 1. The number of fused-ring (bicyclic) bond motifs is 2. The molecule has 0 radical (unpaired) electrons. The lowest BCUT2D eigenvalue weighted by molar-refractivity contribution is 0.145. The molecule has 1 fully saturated rings. The maximum atomic E-state index is 13.7. The average Bonchev–Trinajstić information content (AvgIpc) is 3.36. The highest BCUT2D eigenvalue weighted by Crippen LogP contribution is 2.24. The molecule has 0 amide bonds. The Morgan fingerprint density at radius 2 is 1.77 bits per heavy atom. The highest BCUT2D eigenvalue weighted by Gasteiger charge is 2.21. The van der Waals surface area contributed by atoms with E-state index in [4.69, 9.17) is 4.98 Å². The van der Waals surface area contributed by atoms with Gasteiger partial charge in [0, 0.05) is 62.1 Å². The first-order chi connectivity index (χ1) is 20.9. The minimum absolute atomic E-state index is 0.287. The van der Waals surface area contributed by atoms with Gasteiger partial charge >= 0.3 is 0 Å². The Kier molecular flexibility index (Phi) is 7.60. The average molecular weight is 574 g/mol. The van der Waals surface area contributed by atoms with Crippen molar-refractivity contribution in [3.63, 3.8) is 0 Å². The van der Waals surface area contributed by atoms with Gasteiger partial charge in [-0.3, -0.25) is 9.69 Å². The zero-order valence-electron chi connectivity index (χ0n) is 24.6. The Labute approximate surface area is 250 Å². The molecule has 0 unspecified atom stereocenters. The molecule has 1 saturated heterocycles. The van der Waals surface area contributed by atoms with Gasteiger partial charge in [0.2, 0.25) is 5.95 Å². The van der Waals surface area contributed by atoms with Gasteiger partial charge in [-0.1, -0.05) is 57.9 Å². The topological polar surface area (TPSA) is 96.5 Å². The summed E-state index contributed by atoms with van der Waals surface area (Å²) in [5.41, 5.74) is 5.02. The van der Waals surface area contributed by atoms with E-state index in [9.17, 15) is 4.79 Å². The standard InChI is InChI=1S/C33H35N9O/c1-6-26-28(7-2)41(29-10-8-9-15-34-29)42-31(26)37-30-27(32(42)43)20-35-33(38-30)36-25-13-11-24(12-14-25)21-39-16-18-40(19-17-39)23(5)22(3)4/h6-15,20,22H,1-2,5,16-19,21H2,3-4H3,(H,35,36,38). The molecule has 218 valence electrons. The van der Waals surface area contributed by atoms with Gasteiger partial charge in [0.1, 0.15) is 5.39 Å². The number of nitrogens with one attached hydrogen (secondary N) is 1. The fourth-order valence-corrected chi connectivity index (χ4v) is 5.46. The second kappa shape index (κ2) is 11.7. The van der Waals surface area contributed by atoms with Gasteiger partial charge in [0.05, 0.1) is 5.69 Å². The number of anilines is 2. The molecular weight excluding hydrogens is 538 g/mol. The van der Waals surface area contributed by atoms with Gasteiger partial charge < -0.3 is 10.2 Å². The third-order valence-corrected chi connectivity index (χ3v) is 7.87. The molecule has 1 aliphatic heterocycles. The van der Waals surface area contributed by atoms with E-state index in [1.54, 1.807) is 23.0 Å². The molecular formula is C33H35N9O. The van der Waals surface area contributed by atoms with Crippen molar-refractivity contribution in [2.75, 3.05) is 31.5 Å². The van der Waals surface area contributed by atoms with Crippen LogP contribution in [0.15, 0.2) is 85.1 Å². The fourth-order valence-electron chi connectivity index (χ4n) is 5.46. The zero-order valence-corrected chi connectivity index (χ0v) is 24.6. The Morgan fingerprint density at radius 1 is 1.00 bits per heavy atom. The molecule has 0 aliphatic carbocycles. The highest BCUT2D eigenvalue weighted by atomic mass is 16.1. The van der Waals surface area contributed by atoms with Crippen molar-refractivity contribution >= 4 is 40.5 Å². The second-order valence-electron chi connectivity index (χ2n) is 10.9. The predicted octanol–water partition coefficient (Wildman–Crippen LogP) is 5.14. The van der Waals surface area contributed by atoms with Crippen LogP contribution in [0.5, 0.6) is 0 Å². The lowest BCUT2D eigenvalue weighted by atomic mass is 10.1. The summed E-state index contributed by atoms with van der Waals surface area (Å²) in [7, 11) is 0. The second-order valence-corrected chi connectivity index (χ2v) is 10.9. The molecule has 0 saturated carbocycles. The summed E-state index contributed by atoms with van der Waals surface area (Å²) >= 11 is 0. The third kappa shape index (κ3) is 5.32. The third-order valence-electron chi connectivity index (χ3n) is 7.87. The van der Waals surface area contributed by atoms with Gasteiger partial charge in [0.15, 0.2) is 17.1 Å². The van der Waals surface area contributed by atoms with E-state index in [1.165, 1.54) is 22.0 Å². The van der Waals surface area contributed by atoms with E-state index in [0.717, 1.165) is 38.4 Å². The number of pyridine rings is 1. The summed E-state index contributed by atoms with van der Waals surface area (Å²) in [5, 5.41) is 3.54. The molecule has 4 aromatic heterocycles. The molecule has 1 N–H and O–H groups in total. The largest absolute Gasteiger partial charge is 0.373 e. The number of aromatic nitrogens is 6. The Bertz CT molecular complexity index is 1880. The SMILES string of the molecule is C=Cc1c(C=C)n(-c2ccccn2)n2c(=O)c3cnc(Nc4ccc(CN5CCN(C(=C)C(C)C)CC5)cc4)nc3nc12. The quantitative estimate of drug-likeness (QED) is 0.259. The smallest absolute Gasteiger partial charge is 0.284 e. The Balaban J connectivity index is 1.23. The summed E-state index contributed by atoms with van der Waals surface area (Å²) < 4.78 is 3.15. The Hall–Kier alpha value is -5.09. The first kappa shape index (κ1) is 28.0. The van der Waals surface area contributed by atoms with Crippen molar-refractivity contribution in [2.24, 2.45) is 5.92 Å². The van der Waals surface area contributed by atoms with Crippen LogP contribution in [-0.2, 0) is 6.54 Å². The van der Waals surface area contributed by atoms with Gasteiger partial charge in [-0.05, 0) is 41.8 Å². The van der Waals surface area contributed by atoms with E-state index in [2.05, 4.69) is 75.8 Å². The first-order valence-electron chi connectivity index (χ1n) is 14.4. The monoisotopic (exact) mass is 573 g/mol. The zero-order chi connectivity index (χ0) is 30.1. The summed E-state index contributed by atoms with van der Waals surface area (Å²) in [5.74, 6) is 1.39. The van der Waals surface area contributed by atoms with Crippen LogP contribution in [0.25, 0.3) is 34.7 Å². The number of piperazine rings is 1. The van der Waals surface area contributed by atoms with E-state index in [0.29, 0.717) is 34.6 Å². The van der Waals surface area contributed by atoms with Crippen LogP contribution in [0.1, 0.15) is 30.7 Å². The lowest BCUT2D eigenvalue weighted by Crippen LogP contribution is -2.45. The van der Waals surface area contributed by atoms with Crippen LogP contribution in [0.3, 0.4) is 0 Å². The van der Waals surface area contributed by atoms with Crippen LogP contribution in [-0.4, -0.2) is 65.1 Å². The van der Waals surface area contributed by atoms with Crippen LogP contribution in [0.2, 0.25) is 0 Å². The Morgan fingerprint density at radius 3 is 2.42 bits per heavy atom. The van der Waals surface area contributed by atoms with Crippen LogP contribution >= 0.6 is 0 Å². The van der Waals surface area contributed by atoms with Crippen LogP contribution < -0.4 is 10.9 Å². The van der Waals surface area contributed by atoms with Gasteiger partial charge in [-0.15, -0.1) is 0 Å². The summed E-state index contributed by atoms with van der Waals surface area (Å²) in [6.45, 7) is 21.5. The van der Waals surface area contributed by atoms with E-state index in [1.807, 2.05) is 30.3 Å². The first-order valence-corrected chi connectivity index (χ1v) is 14.4. The van der Waals surface area contributed by atoms with Crippen molar-refractivity contribution in [2.45, 2.75) is 20.4 Å². The number of hydrogen-bond donors (Lipinski definition) is 1. The molecule has 6 rings (SSSR count). The molecule has 43 heavy (non-hydrogen) atoms.